The van der Waals surface area contributed by atoms with Crippen molar-refractivity contribution in [3.8, 4) is 61.3 Å². The molecule has 105 heavy (non-hydrogen) atoms. The summed E-state index contributed by atoms with van der Waals surface area (Å²) < 4.78 is 196. The number of anilines is 6. The van der Waals surface area contributed by atoms with Gasteiger partial charge in [-0.3, -0.25) is 0 Å². The summed E-state index contributed by atoms with van der Waals surface area (Å²) in [5, 5.41) is 3.54. The molecule has 0 atom stereocenters. The van der Waals surface area contributed by atoms with E-state index in [4.69, 9.17) is 5.79 Å². The van der Waals surface area contributed by atoms with Crippen LogP contribution in [-0.4, -0.2) is 11.3 Å². The third-order valence-corrected chi connectivity index (χ3v) is 21.6. The Morgan fingerprint density at radius 2 is 0.848 bits per heavy atom. The normalized spacial score (nSPS) is 15.8. The summed E-state index contributed by atoms with van der Waals surface area (Å²) in [6.07, 6.45) is 0.545. The Balaban J connectivity index is 1.06. The van der Waals surface area contributed by atoms with Gasteiger partial charge in [-0.25, -0.2) is 0 Å². The summed E-state index contributed by atoms with van der Waals surface area (Å²) in [6.45, 7) is 10.7. The first-order valence-corrected chi connectivity index (χ1v) is 35.5. The molecule has 0 radical (unpaired) electrons. The first-order valence-electron chi connectivity index (χ1n) is 45.0. The third kappa shape index (κ3) is 10.0. The van der Waals surface area contributed by atoms with Crippen LogP contribution >= 0.6 is 0 Å². The molecule has 2 aromatic heterocycles. The Hall–Kier alpha value is -12.4. The van der Waals surface area contributed by atoms with E-state index in [9.17, 15) is 24.7 Å². The maximum absolute atomic E-state index is 10.3. The van der Waals surface area contributed by atoms with Crippen LogP contribution in [0.15, 0.2) is 338 Å². The SMILES string of the molecule is [2H]c1cc([2H])c([2H])c(-c2cc(C(C)(C)C)cc(-c3c([2H])c([2H])c([2H])c([2H])c3[2H])c2N2c3ccc(-c4cccc5oc6ccccc6c45)cc3B3c4ccc(-n5c6ccccc6c6ccccc65)cc4N(c4c(-c5c([2H])c([2H])c([2H])c([2H])c5[2H])cc(C(C)(C)C)cc4-c4c([2H])c([2H])c([2H])c([2H])c4[2H])c4cc(C5c6ccccc6Cc6ccccc65)cc2c43)c1[2H]. The Morgan fingerprint density at radius 3 is 1.39 bits per heavy atom. The number of fused-ring (bicyclic) bond motifs is 12. The van der Waals surface area contributed by atoms with Gasteiger partial charge in [0.25, 0.3) is 6.71 Å². The molecule has 5 heteroatoms. The van der Waals surface area contributed by atoms with Crippen molar-refractivity contribution in [2.24, 2.45) is 0 Å². The molecule has 0 spiro atoms. The molecule has 0 unspecified atom stereocenters. The van der Waals surface area contributed by atoms with E-state index in [1.54, 1.807) is 18.2 Å². The summed E-state index contributed by atoms with van der Waals surface area (Å²) in [4.78, 5) is 3.96. The van der Waals surface area contributed by atoms with Gasteiger partial charge < -0.3 is 18.8 Å². The van der Waals surface area contributed by atoms with E-state index in [2.05, 4.69) is 83.4 Å². The smallest absolute Gasteiger partial charge is 0.252 e. The number of para-hydroxylation sites is 3. The number of hydrogen-bond acceptors (Lipinski definition) is 3. The van der Waals surface area contributed by atoms with Crippen LogP contribution in [0.3, 0.4) is 0 Å². The van der Waals surface area contributed by atoms with Crippen molar-refractivity contribution in [2.75, 3.05) is 9.80 Å². The van der Waals surface area contributed by atoms with Gasteiger partial charge in [-0.05, 0) is 185 Å². The molecule has 17 aromatic rings. The second kappa shape index (κ2) is 24.1. The Bertz CT molecular complexity index is 7300. The van der Waals surface area contributed by atoms with Crippen LogP contribution in [0.5, 0.6) is 0 Å². The highest BCUT2D eigenvalue weighted by Gasteiger charge is 2.47. The standard InChI is InChI=1S/C100H76BN3O/c1-99(2,3)71-58-80(63-30-11-7-12-31-63)97(81(59-71)64-32-13-8-14-33-64)103-88-53-50-69(76-45-29-49-93-95(76)79-44-25-28-48-92(79)105-93)55-85(88)101-84-52-51-73(102-86-46-26-23-42-77(86)78-43-24-27-47-87(78)102)62-89(84)104(98-82(65-34-15-9-16-35-65)60-72(100(4,5)6)61-83(98)66-36-17-10-18-37-66)91-57-70(56-90(103)96(91)101)94-74-40-21-19-38-67(74)54-68-39-20-22-41-75(68)94/h7-53,55-62,94H,54H2,1-6H3/i7D,9D,10D,11D,12D,13D,14D,15D,16D,17D,18D,30D,31D,32D,33D,34D,35D,36D,37D. The minimum absolute atomic E-state index is 0.0251. The van der Waals surface area contributed by atoms with Crippen LogP contribution in [0.4, 0.5) is 34.1 Å². The zero-order chi connectivity index (χ0) is 86.9. The van der Waals surface area contributed by atoms with Crippen LogP contribution in [0.25, 0.3) is 105 Å². The van der Waals surface area contributed by atoms with E-state index in [0.29, 0.717) is 84.7 Å². The number of furan rings is 1. The maximum atomic E-state index is 10.3. The highest BCUT2D eigenvalue weighted by atomic mass is 16.3. The van der Waals surface area contributed by atoms with Crippen molar-refractivity contribution in [3.63, 3.8) is 0 Å². The van der Waals surface area contributed by atoms with Crippen molar-refractivity contribution >= 4 is 101 Å². The Labute approximate surface area is 641 Å². The van der Waals surface area contributed by atoms with Crippen molar-refractivity contribution in [3.05, 3.63) is 372 Å². The number of rotatable bonds is 9. The average molecular weight is 1370 g/mol. The number of hydrogen-bond donors (Lipinski definition) is 0. The monoisotopic (exact) mass is 1360 g/mol. The second-order valence-corrected chi connectivity index (χ2v) is 29.6. The fraction of sp³-hybridized carbons (Fsp3) is 0.100. The molecule has 500 valence electrons. The lowest BCUT2D eigenvalue weighted by molar-refractivity contribution is 0.590. The highest BCUT2D eigenvalue weighted by molar-refractivity contribution is 7.00. The average Bonchev–Trinajstić information content (AvgIpc) is 0.728. The van der Waals surface area contributed by atoms with Gasteiger partial charge in [-0.2, -0.15) is 0 Å². The van der Waals surface area contributed by atoms with E-state index in [-0.39, 0.29) is 68.0 Å². The molecule has 4 heterocycles. The quantitative estimate of drug-likeness (QED) is 0.135. The van der Waals surface area contributed by atoms with Crippen LogP contribution in [0, 0.1) is 0 Å². The zero-order valence-corrected chi connectivity index (χ0v) is 58.4. The highest BCUT2D eigenvalue weighted by Crippen LogP contribution is 2.57. The fourth-order valence-corrected chi connectivity index (χ4v) is 16.8. The van der Waals surface area contributed by atoms with Gasteiger partial charge in [-0.15, -0.1) is 0 Å². The molecular formula is C100H76BN3O. The fourth-order valence-electron chi connectivity index (χ4n) is 16.8. The van der Waals surface area contributed by atoms with E-state index in [1.807, 2.05) is 167 Å². The molecular weight excluding hydrogens is 1270 g/mol. The molecule has 2 aliphatic heterocycles. The van der Waals surface area contributed by atoms with Crippen molar-refractivity contribution in [1.29, 1.82) is 0 Å². The van der Waals surface area contributed by atoms with Gasteiger partial charge in [0.15, 0.2) is 0 Å². The van der Waals surface area contributed by atoms with Crippen molar-refractivity contribution in [1.82, 2.24) is 4.57 Å². The number of benzene rings is 15. The molecule has 0 N–H and O–H groups in total. The van der Waals surface area contributed by atoms with E-state index >= 15 is 0 Å². The van der Waals surface area contributed by atoms with E-state index in [1.165, 1.54) is 0 Å². The lowest BCUT2D eigenvalue weighted by Gasteiger charge is -2.46. The summed E-state index contributed by atoms with van der Waals surface area (Å²) in [6, 6.07) is 59.9. The van der Waals surface area contributed by atoms with Crippen molar-refractivity contribution in [2.45, 2.75) is 64.7 Å². The van der Waals surface area contributed by atoms with Gasteiger partial charge in [0.2, 0.25) is 0 Å². The zero-order valence-electron chi connectivity index (χ0n) is 77.4. The predicted molar refractivity (Wildman–Crippen MR) is 443 cm³/mol. The molecule has 1 aliphatic carbocycles. The lowest BCUT2D eigenvalue weighted by Crippen LogP contribution is -2.61. The third-order valence-electron chi connectivity index (χ3n) is 21.6. The molecule has 0 fully saturated rings. The van der Waals surface area contributed by atoms with E-state index < -0.39 is 126 Å². The maximum Gasteiger partial charge on any atom is 0.252 e. The topological polar surface area (TPSA) is 24.6 Å². The minimum atomic E-state index is -0.964. The molecule has 0 amide bonds. The van der Waals surface area contributed by atoms with Gasteiger partial charge in [-0.1, -0.05) is 296 Å². The molecule has 3 aliphatic rings. The molecule has 4 nitrogen and oxygen atoms in total. The van der Waals surface area contributed by atoms with Crippen LogP contribution in [-0.2, 0) is 17.3 Å². The largest absolute Gasteiger partial charge is 0.456 e. The summed E-state index contributed by atoms with van der Waals surface area (Å²) >= 11 is 0. The van der Waals surface area contributed by atoms with Crippen LogP contribution in [0.2, 0.25) is 0 Å². The predicted octanol–water partition coefficient (Wildman–Crippen LogP) is 24.8. The minimum Gasteiger partial charge on any atom is -0.456 e. The molecule has 0 saturated heterocycles. The van der Waals surface area contributed by atoms with Gasteiger partial charge in [0.1, 0.15) is 11.2 Å². The van der Waals surface area contributed by atoms with Gasteiger partial charge in [0.05, 0.1) is 48.5 Å². The Kier molecular flexibility index (Phi) is 10.4. The van der Waals surface area contributed by atoms with Crippen molar-refractivity contribution < 1.29 is 30.5 Å². The molecule has 0 bridgehead atoms. The summed E-state index contributed by atoms with van der Waals surface area (Å²) in [5.41, 5.74) is 11.5. The van der Waals surface area contributed by atoms with Gasteiger partial charge in [0, 0.05) is 78.2 Å². The first kappa shape index (κ1) is 45.5. The first-order chi connectivity index (χ1) is 59.2. The Morgan fingerprint density at radius 1 is 0.371 bits per heavy atom. The molecule has 15 aromatic carbocycles. The van der Waals surface area contributed by atoms with Gasteiger partial charge >= 0.3 is 0 Å². The van der Waals surface area contributed by atoms with Crippen LogP contribution < -0.4 is 26.2 Å². The molecule has 0 saturated carbocycles. The van der Waals surface area contributed by atoms with E-state index in [0.717, 1.165) is 66.5 Å². The lowest BCUT2D eigenvalue weighted by atomic mass is 9.33. The second-order valence-electron chi connectivity index (χ2n) is 29.6. The van der Waals surface area contributed by atoms with Crippen LogP contribution in [0.1, 0.15) is 112 Å². The summed E-state index contributed by atoms with van der Waals surface area (Å²) in [5.74, 6) is -0.678. The molecule has 20 rings (SSSR count). The number of nitrogens with zero attached hydrogens (tertiary/aromatic N) is 3. The summed E-state index contributed by atoms with van der Waals surface area (Å²) in [7, 11) is 0. The number of aromatic nitrogens is 1.